The van der Waals surface area contributed by atoms with Gasteiger partial charge in [-0.05, 0) is 43.2 Å². The van der Waals surface area contributed by atoms with Gasteiger partial charge in [-0.1, -0.05) is 25.7 Å². The highest BCUT2D eigenvalue weighted by Gasteiger charge is 2.32. The number of nitro benzene ring substituents is 2. The van der Waals surface area contributed by atoms with Gasteiger partial charge in [0.25, 0.3) is 0 Å². The number of likely N-dealkylation sites (tertiary alicyclic amines) is 1. The largest absolute Gasteiger partial charge is 0.457 e. The Morgan fingerprint density at radius 3 is 2.50 bits per heavy atom. The van der Waals surface area contributed by atoms with Crippen LogP contribution in [0.1, 0.15) is 31.4 Å². The lowest BCUT2D eigenvalue weighted by Crippen LogP contribution is -2.28. The number of carbonyl (C=O) groups is 1. The fraction of sp³-hybridized carbons (Fsp3) is 0.367. The third-order valence-corrected chi connectivity index (χ3v) is 9.28. The van der Waals surface area contributed by atoms with Crippen molar-refractivity contribution in [3.05, 3.63) is 80.5 Å². The Morgan fingerprint density at radius 2 is 1.84 bits per heavy atom. The maximum Gasteiger partial charge on any atom is 0.349 e. The molecule has 1 saturated heterocycles. The Morgan fingerprint density at radius 1 is 1.07 bits per heavy atom. The lowest BCUT2D eigenvalue weighted by Gasteiger charge is -2.26. The van der Waals surface area contributed by atoms with Crippen molar-refractivity contribution in [2.24, 2.45) is 0 Å². The standard InChI is InChI=1S/C30H34N6O7Si/c1-20(37)33-13-7-9-25(33)22-17-27-24(18-29(22)43-21-10-11-26(35(38)39)28(16-21)36(40)41)32-30(23-8-5-6-12-31-23)34(27)19-42-14-15-44(2,3)4/h5-6,8,10-12,16-18,25H,7,9,13-15,19H2,1-4H3. The van der Waals surface area contributed by atoms with Crippen molar-refractivity contribution < 1.29 is 24.1 Å². The summed E-state index contributed by atoms with van der Waals surface area (Å²) >= 11 is 0. The Hall–Kier alpha value is -4.69. The van der Waals surface area contributed by atoms with E-state index in [2.05, 4.69) is 24.6 Å². The first kappa shape index (κ1) is 30.8. The monoisotopic (exact) mass is 618 g/mol. The van der Waals surface area contributed by atoms with Crippen molar-refractivity contribution in [3.8, 4) is 23.0 Å². The van der Waals surface area contributed by atoms with Gasteiger partial charge in [0.2, 0.25) is 5.91 Å². The van der Waals surface area contributed by atoms with Crippen LogP contribution in [0.4, 0.5) is 11.4 Å². The minimum atomic E-state index is -1.32. The maximum absolute atomic E-state index is 12.6. The van der Waals surface area contributed by atoms with Gasteiger partial charge in [-0.2, -0.15) is 0 Å². The molecule has 44 heavy (non-hydrogen) atoms. The van der Waals surface area contributed by atoms with Gasteiger partial charge in [0.15, 0.2) is 5.82 Å². The van der Waals surface area contributed by atoms with Crippen molar-refractivity contribution >= 4 is 36.4 Å². The van der Waals surface area contributed by atoms with Crippen LogP contribution in [-0.4, -0.2) is 56.4 Å². The molecular formula is C30H34N6O7Si. The molecule has 1 aliphatic heterocycles. The van der Waals surface area contributed by atoms with E-state index in [0.717, 1.165) is 30.1 Å². The van der Waals surface area contributed by atoms with E-state index in [9.17, 15) is 25.0 Å². The Labute approximate surface area is 254 Å². The molecule has 2 aromatic carbocycles. The number of imidazole rings is 1. The topological polar surface area (TPSA) is 156 Å². The van der Waals surface area contributed by atoms with Crippen LogP contribution in [0.5, 0.6) is 11.5 Å². The number of hydrogen-bond donors (Lipinski definition) is 0. The summed E-state index contributed by atoms with van der Waals surface area (Å²) in [5, 5.41) is 23.0. The number of fused-ring (bicyclic) bond motifs is 1. The first-order valence-corrected chi connectivity index (χ1v) is 18.0. The number of aromatic nitrogens is 3. The molecule has 5 rings (SSSR count). The van der Waals surface area contributed by atoms with E-state index in [1.807, 2.05) is 28.8 Å². The molecule has 13 nitrogen and oxygen atoms in total. The zero-order valence-electron chi connectivity index (χ0n) is 25.1. The van der Waals surface area contributed by atoms with E-state index in [1.54, 1.807) is 17.2 Å². The van der Waals surface area contributed by atoms with Gasteiger partial charge >= 0.3 is 11.4 Å². The smallest absolute Gasteiger partial charge is 0.349 e. The fourth-order valence-corrected chi connectivity index (χ4v) is 6.09. The van der Waals surface area contributed by atoms with Crippen molar-refractivity contribution in [3.63, 3.8) is 0 Å². The third kappa shape index (κ3) is 6.60. The molecule has 3 heterocycles. The number of benzene rings is 2. The van der Waals surface area contributed by atoms with Gasteiger partial charge in [-0.15, -0.1) is 0 Å². The number of ether oxygens (including phenoxy) is 2. The summed E-state index contributed by atoms with van der Waals surface area (Å²) in [6.07, 6.45) is 3.18. The van der Waals surface area contributed by atoms with E-state index in [0.29, 0.717) is 47.9 Å². The molecule has 1 amide bonds. The number of pyridine rings is 1. The van der Waals surface area contributed by atoms with Crippen LogP contribution in [-0.2, 0) is 16.3 Å². The average molecular weight is 619 g/mol. The van der Waals surface area contributed by atoms with E-state index < -0.39 is 29.3 Å². The molecule has 1 fully saturated rings. The Kier molecular flexibility index (Phi) is 8.74. The molecule has 2 aromatic heterocycles. The van der Waals surface area contributed by atoms with E-state index in [4.69, 9.17) is 14.5 Å². The van der Waals surface area contributed by atoms with Gasteiger partial charge in [-0.25, -0.2) is 4.98 Å². The fourth-order valence-electron chi connectivity index (χ4n) is 5.33. The second-order valence-corrected chi connectivity index (χ2v) is 17.6. The Bertz CT molecular complexity index is 1720. The van der Waals surface area contributed by atoms with Gasteiger partial charge in [0.1, 0.15) is 23.9 Å². The number of amides is 1. The number of nitro groups is 2. The summed E-state index contributed by atoms with van der Waals surface area (Å²) in [5.41, 5.74) is 1.36. The molecule has 0 saturated carbocycles. The molecule has 4 aromatic rings. The summed E-state index contributed by atoms with van der Waals surface area (Å²) in [5.74, 6) is 0.907. The number of nitrogens with zero attached hydrogens (tertiary/aromatic N) is 6. The quantitative estimate of drug-likeness (QED) is 0.0772. The molecule has 0 radical (unpaired) electrons. The molecule has 230 valence electrons. The highest BCUT2D eigenvalue weighted by Crippen LogP contribution is 2.42. The highest BCUT2D eigenvalue weighted by atomic mass is 28.3. The van der Waals surface area contributed by atoms with Crippen LogP contribution in [0.25, 0.3) is 22.6 Å². The number of rotatable bonds is 11. The number of hydrogen-bond acceptors (Lipinski definition) is 9. The predicted octanol–water partition coefficient (Wildman–Crippen LogP) is 6.70. The van der Waals surface area contributed by atoms with E-state index in [1.165, 1.54) is 13.0 Å². The van der Waals surface area contributed by atoms with E-state index in [-0.39, 0.29) is 24.4 Å². The highest BCUT2D eigenvalue weighted by molar-refractivity contribution is 6.76. The SMILES string of the molecule is CC(=O)N1CCCC1c1cc2c(cc1Oc1ccc([N+](=O)[O-])c([N+](=O)[O-])c1)nc(-c1ccccn1)n2COCC[Si](C)(C)C. The summed E-state index contributed by atoms with van der Waals surface area (Å²) in [7, 11) is -1.32. The van der Waals surface area contributed by atoms with Gasteiger partial charge in [-0.3, -0.25) is 34.6 Å². The summed E-state index contributed by atoms with van der Waals surface area (Å²) < 4.78 is 14.3. The van der Waals surface area contributed by atoms with Gasteiger partial charge < -0.3 is 14.4 Å². The summed E-state index contributed by atoms with van der Waals surface area (Å²) in [6.45, 7) is 9.81. The predicted molar refractivity (Wildman–Crippen MR) is 166 cm³/mol. The second-order valence-electron chi connectivity index (χ2n) is 11.9. The Balaban J connectivity index is 1.64. The first-order valence-electron chi connectivity index (χ1n) is 14.3. The van der Waals surface area contributed by atoms with Crippen LogP contribution < -0.4 is 4.74 Å². The molecule has 0 N–H and O–H groups in total. The number of carbonyl (C=O) groups excluding carboxylic acids is 1. The maximum atomic E-state index is 12.6. The molecule has 0 aliphatic carbocycles. The van der Waals surface area contributed by atoms with Crippen molar-refractivity contribution in [1.29, 1.82) is 0 Å². The van der Waals surface area contributed by atoms with Gasteiger partial charge in [0.05, 0.1) is 33.0 Å². The summed E-state index contributed by atoms with van der Waals surface area (Å²) in [6, 6.07) is 13.3. The zero-order valence-corrected chi connectivity index (χ0v) is 26.1. The van der Waals surface area contributed by atoms with Crippen LogP contribution in [0.2, 0.25) is 25.7 Å². The summed E-state index contributed by atoms with van der Waals surface area (Å²) in [4.78, 5) is 45.1. The normalized spacial score (nSPS) is 15.1. The molecular weight excluding hydrogens is 584 g/mol. The molecule has 1 unspecified atom stereocenters. The molecule has 1 aliphatic rings. The third-order valence-electron chi connectivity index (χ3n) is 7.57. The molecule has 0 spiro atoms. The van der Waals surface area contributed by atoms with Crippen LogP contribution in [0.15, 0.2) is 54.7 Å². The first-order chi connectivity index (χ1) is 20.9. The minimum absolute atomic E-state index is 0.0503. The van der Waals surface area contributed by atoms with Crippen LogP contribution in [0, 0.1) is 20.2 Å². The lowest BCUT2D eigenvalue weighted by atomic mass is 10.0. The van der Waals surface area contributed by atoms with Crippen molar-refractivity contribution in [2.45, 2.75) is 58.2 Å². The average Bonchev–Trinajstić information content (AvgIpc) is 3.60. The van der Waals surface area contributed by atoms with Gasteiger partial charge in [0, 0.05) is 52.0 Å². The molecule has 0 bridgehead atoms. The zero-order chi connectivity index (χ0) is 31.6. The van der Waals surface area contributed by atoms with Crippen LogP contribution in [0.3, 0.4) is 0 Å². The van der Waals surface area contributed by atoms with E-state index >= 15 is 0 Å². The molecule has 14 heteroatoms. The van der Waals surface area contributed by atoms with Crippen molar-refractivity contribution in [2.75, 3.05) is 13.2 Å². The van der Waals surface area contributed by atoms with Crippen molar-refractivity contribution in [1.82, 2.24) is 19.4 Å². The minimum Gasteiger partial charge on any atom is -0.457 e. The van der Waals surface area contributed by atoms with Crippen LogP contribution >= 0.6 is 0 Å². The molecule has 1 atom stereocenters. The lowest BCUT2D eigenvalue weighted by molar-refractivity contribution is -0.422. The second kappa shape index (κ2) is 12.5.